The molecule has 29 heavy (non-hydrogen) atoms. The standard InChI is InChI=1S/C22H33N5O2/c1-16-14-18(17(2)27(16)19-8-10-20(29-7)11-9-19)15-26(6)22(23-3)24-13-12-21(28)25(4)5/h8-11,14H,12-13,15H2,1-7H3,(H,23,24). The van der Waals surface area contributed by atoms with Crippen molar-refractivity contribution in [2.24, 2.45) is 4.99 Å². The molecule has 2 aromatic rings. The molecule has 1 aromatic carbocycles. The van der Waals surface area contributed by atoms with E-state index in [9.17, 15) is 4.79 Å². The van der Waals surface area contributed by atoms with E-state index in [4.69, 9.17) is 4.74 Å². The molecule has 0 aliphatic rings. The Morgan fingerprint density at radius 3 is 2.38 bits per heavy atom. The van der Waals surface area contributed by atoms with Gasteiger partial charge >= 0.3 is 0 Å². The molecule has 1 N–H and O–H groups in total. The number of hydrogen-bond donors (Lipinski definition) is 1. The Morgan fingerprint density at radius 1 is 1.17 bits per heavy atom. The third-order valence-electron chi connectivity index (χ3n) is 4.97. The van der Waals surface area contributed by atoms with E-state index in [-0.39, 0.29) is 5.91 Å². The van der Waals surface area contributed by atoms with Crippen LogP contribution in [0.5, 0.6) is 5.75 Å². The highest BCUT2D eigenvalue weighted by atomic mass is 16.5. The Labute approximate surface area is 174 Å². The lowest BCUT2D eigenvalue weighted by molar-refractivity contribution is -0.128. The zero-order valence-electron chi connectivity index (χ0n) is 18.6. The molecule has 0 atom stereocenters. The number of nitrogens with zero attached hydrogens (tertiary/aromatic N) is 4. The quantitative estimate of drug-likeness (QED) is 0.574. The molecule has 7 nitrogen and oxygen atoms in total. The van der Waals surface area contributed by atoms with E-state index >= 15 is 0 Å². The van der Waals surface area contributed by atoms with Gasteiger partial charge in [0.15, 0.2) is 5.96 Å². The van der Waals surface area contributed by atoms with Crippen molar-refractivity contribution in [1.29, 1.82) is 0 Å². The van der Waals surface area contributed by atoms with Crippen molar-refractivity contribution in [1.82, 2.24) is 19.7 Å². The van der Waals surface area contributed by atoms with Crippen LogP contribution in [-0.2, 0) is 11.3 Å². The average molecular weight is 400 g/mol. The van der Waals surface area contributed by atoms with Crippen LogP contribution in [0.15, 0.2) is 35.3 Å². The van der Waals surface area contributed by atoms with Crippen molar-refractivity contribution >= 4 is 11.9 Å². The van der Waals surface area contributed by atoms with E-state index in [2.05, 4.69) is 51.8 Å². The van der Waals surface area contributed by atoms with Crippen molar-refractivity contribution < 1.29 is 9.53 Å². The number of aryl methyl sites for hydroxylation is 1. The average Bonchev–Trinajstić information content (AvgIpc) is 2.98. The van der Waals surface area contributed by atoms with Crippen molar-refractivity contribution in [3.8, 4) is 11.4 Å². The van der Waals surface area contributed by atoms with E-state index in [0.29, 0.717) is 13.0 Å². The van der Waals surface area contributed by atoms with Crippen LogP contribution in [0, 0.1) is 13.8 Å². The molecular formula is C22H33N5O2. The maximum Gasteiger partial charge on any atom is 0.223 e. The van der Waals surface area contributed by atoms with E-state index < -0.39 is 0 Å². The Bertz CT molecular complexity index is 853. The van der Waals surface area contributed by atoms with Crippen LogP contribution in [0.1, 0.15) is 23.4 Å². The molecule has 0 bridgehead atoms. The number of ether oxygens (including phenoxy) is 1. The Morgan fingerprint density at radius 2 is 1.83 bits per heavy atom. The van der Waals surface area contributed by atoms with Gasteiger partial charge in [0.2, 0.25) is 5.91 Å². The van der Waals surface area contributed by atoms with Gasteiger partial charge in [0.05, 0.1) is 7.11 Å². The van der Waals surface area contributed by atoms with Crippen LogP contribution in [-0.4, -0.2) is 68.1 Å². The van der Waals surface area contributed by atoms with E-state index in [1.807, 2.05) is 19.2 Å². The lowest BCUT2D eigenvalue weighted by Crippen LogP contribution is -2.40. The zero-order chi connectivity index (χ0) is 21.6. The summed E-state index contributed by atoms with van der Waals surface area (Å²) in [6.45, 7) is 5.52. The lowest BCUT2D eigenvalue weighted by atomic mass is 10.2. The number of nitrogens with one attached hydrogen (secondary N) is 1. The normalized spacial score (nSPS) is 11.3. The molecule has 158 valence electrons. The fraction of sp³-hybridized carbons (Fsp3) is 0.455. The number of aliphatic imine (C=N–C) groups is 1. The van der Waals surface area contributed by atoms with Crippen LogP contribution in [0.2, 0.25) is 0 Å². The molecule has 0 aliphatic carbocycles. The van der Waals surface area contributed by atoms with Gasteiger partial charge in [0.25, 0.3) is 0 Å². The van der Waals surface area contributed by atoms with Crippen molar-refractivity contribution in [2.45, 2.75) is 26.8 Å². The lowest BCUT2D eigenvalue weighted by Gasteiger charge is -2.22. The summed E-state index contributed by atoms with van der Waals surface area (Å²) in [6.07, 6.45) is 0.436. The number of aromatic nitrogens is 1. The zero-order valence-corrected chi connectivity index (χ0v) is 18.6. The Hall–Kier alpha value is -2.96. The van der Waals surface area contributed by atoms with Gasteiger partial charge in [-0.15, -0.1) is 0 Å². The molecule has 0 saturated heterocycles. The van der Waals surface area contributed by atoms with Crippen molar-refractivity contribution in [2.75, 3.05) is 41.8 Å². The van der Waals surface area contributed by atoms with Gasteiger partial charge in [-0.1, -0.05) is 0 Å². The van der Waals surface area contributed by atoms with Crippen LogP contribution in [0.3, 0.4) is 0 Å². The van der Waals surface area contributed by atoms with Gasteiger partial charge in [-0.3, -0.25) is 9.79 Å². The molecule has 1 amide bonds. The minimum absolute atomic E-state index is 0.0960. The Balaban J connectivity index is 2.09. The highest BCUT2D eigenvalue weighted by Crippen LogP contribution is 2.23. The molecule has 0 spiro atoms. The first-order valence-electron chi connectivity index (χ1n) is 9.72. The summed E-state index contributed by atoms with van der Waals surface area (Å²) in [4.78, 5) is 19.8. The fourth-order valence-electron chi connectivity index (χ4n) is 3.34. The number of guanidine groups is 1. The maximum absolute atomic E-state index is 11.8. The number of carbonyl (C=O) groups is 1. The molecule has 0 radical (unpaired) electrons. The molecule has 1 aromatic heterocycles. The highest BCUT2D eigenvalue weighted by molar-refractivity contribution is 5.81. The van der Waals surface area contributed by atoms with Gasteiger partial charge < -0.3 is 24.4 Å². The molecule has 7 heteroatoms. The number of hydrogen-bond acceptors (Lipinski definition) is 3. The molecule has 0 saturated carbocycles. The summed E-state index contributed by atoms with van der Waals surface area (Å²) >= 11 is 0. The van der Waals surface area contributed by atoms with Gasteiger partial charge in [0, 0.05) is 64.8 Å². The largest absolute Gasteiger partial charge is 0.497 e. The molecule has 1 heterocycles. The topological polar surface area (TPSA) is 62.1 Å². The third kappa shape index (κ3) is 5.53. The van der Waals surface area contributed by atoms with Gasteiger partial charge in [-0.25, -0.2) is 0 Å². The Kier molecular flexibility index (Phi) is 7.70. The van der Waals surface area contributed by atoms with Crippen molar-refractivity contribution in [3.63, 3.8) is 0 Å². The smallest absolute Gasteiger partial charge is 0.223 e. The third-order valence-corrected chi connectivity index (χ3v) is 4.97. The first-order chi connectivity index (χ1) is 13.8. The van der Waals surface area contributed by atoms with E-state index in [1.165, 1.54) is 17.0 Å². The van der Waals surface area contributed by atoms with Crippen molar-refractivity contribution in [3.05, 3.63) is 47.3 Å². The predicted molar refractivity (Wildman–Crippen MR) is 118 cm³/mol. The second-order valence-electron chi connectivity index (χ2n) is 7.30. The first kappa shape index (κ1) is 22.3. The number of rotatable bonds is 7. The van der Waals surface area contributed by atoms with E-state index in [0.717, 1.165) is 23.9 Å². The minimum atomic E-state index is 0.0960. The van der Waals surface area contributed by atoms with Gasteiger partial charge in [-0.05, 0) is 49.7 Å². The monoisotopic (exact) mass is 399 g/mol. The summed E-state index contributed by atoms with van der Waals surface area (Å²) in [6, 6.07) is 10.3. The molecule has 0 fully saturated rings. The van der Waals surface area contributed by atoms with E-state index in [1.54, 1.807) is 33.2 Å². The molecule has 2 rings (SSSR count). The number of amides is 1. The SMILES string of the molecule is CN=C(NCCC(=O)N(C)C)N(C)Cc1cc(C)n(-c2ccc(OC)cc2)c1C. The predicted octanol–water partition coefficient (Wildman–Crippen LogP) is 2.59. The maximum atomic E-state index is 11.8. The van der Waals surface area contributed by atoms with Gasteiger partial charge in [-0.2, -0.15) is 0 Å². The summed E-state index contributed by atoms with van der Waals surface area (Å²) in [5.74, 6) is 1.71. The number of methoxy groups -OCH3 is 1. The highest BCUT2D eigenvalue weighted by Gasteiger charge is 2.14. The summed E-state index contributed by atoms with van der Waals surface area (Å²) in [5.41, 5.74) is 4.71. The molecule has 0 unspecified atom stereocenters. The number of carbonyl (C=O) groups excluding carboxylic acids is 1. The first-order valence-corrected chi connectivity index (χ1v) is 9.72. The van der Waals surface area contributed by atoms with Gasteiger partial charge in [0.1, 0.15) is 5.75 Å². The summed E-state index contributed by atoms with van der Waals surface area (Å²) < 4.78 is 7.51. The second-order valence-corrected chi connectivity index (χ2v) is 7.30. The van der Waals surface area contributed by atoms with Crippen LogP contribution < -0.4 is 10.1 Å². The molecule has 0 aliphatic heterocycles. The second kappa shape index (κ2) is 10.0. The summed E-state index contributed by atoms with van der Waals surface area (Å²) in [5, 5.41) is 3.27. The van der Waals surface area contributed by atoms with Crippen LogP contribution >= 0.6 is 0 Å². The van der Waals surface area contributed by atoms with Crippen LogP contribution in [0.4, 0.5) is 0 Å². The fourth-order valence-corrected chi connectivity index (χ4v) is 3.34. The minimum Gasteiger partial charge on any atom is -0.497 e. The van der Waals surface area contributed by atoms with Crippen LogP contribution in [0.25, 0.3) is 5.69 Å². The molecular weight excluding hydrogens is 366 g/mol. The summed E-state index contributed by atoms with van der Waals surface area (Å²) in [7, 11) is 8.96. The number of benzene rings is 1.